The molecule has 7 heteroatoms. The van der Waals surface area contributed by atoms with E-state index in [4.69, 9.17) is 4.74 Å². The molecule has 0 fully saturated rings. The van der Waals surface area contributed by atoms with E-state index in [9.17, 15) is 13.2 Å². The van der Waals surface area contributed by atoms with Crippen LogP contribution in [0.15, 0.2) is 42.5 Å². The van der Waals surface area contributed by atoms with Crippen LogP contribution in [0.4, 0.5) is 18.9 Å². The van der Waals surface area contributed by atoms with E-state index in [-0.39, 0.29) is 18.0 Å². The van der Waals surface area contributed by atoms with E-state index in [1.807, 2.05) is 0 Å². The predicted molar refractivity (Wildman–Crippen MR) is 71.2 cm³/mol. The minimum Gasteiger partial charge on any atom is -0.481 e. The first kappa shape index (κ1) is 15.0. The van der Waals surface area contributed by atoms with Crippen molar-refractivity contribution in [3.8, 4) is 11.6 Å². The zero-order valence-electron chi connectivity index (χ0n) is 11.1. The quantitative estimate of drug-likeness (QED) is 0.916. The third kappa shape index (κ3) is 4.55. The molecule has 1 aromatic carbocycles. The molecule has 1 heterocycles. The fraction of sp³-hybridized carbons (Fsp3) is 0.214. The second-order valence-electron chi connectivity index (χ2n) is 4.07. The largest absolute Gasteiger partial charge is 0.573 e. The fourth-order valence-corrected chi connectivity index (χ4v) is 1.68. The van der Waals surface area contributed by atoms with Crippen LogP contribution in [0.2, 0.25) is 0 Å². The molecule has 0 spiro atoms. The summed E-state index contributed by atoms with van der Waals surface area (Å²) in [7, 11) is 1.49. The van der Waals surface area contributed by atoms with Crippen molar-refractivity contribution in [3.05, 3.63) is 48.2 Å². The average molecular weight is 298 g/mol. The Balaban J connectivity index is 2.09. The Bertz CT molecular complexity index is 603. The Morgan fingerprint density at radius 2 is 1.86 bits per heavy atom. The molecule has 0 amide bonds. The highest BCUT2D eigenvalue weighted by Gasteiger charge is 2.32. The lowest BCUT2D eigenvalue weighted by Gasteiger charge is -2.14. The number of rotatable bonds is 5. The second kappa shape index (κ2) is 6.34. The highest BCUT2D eigenvalue weighted by molar-refractivity contribution is 5.56. The van der Waals surface area contributed by atoms with Crippen LogP contribution >= 0.6 is 0 Å². The summed E-state index contributed by atoms with van der Waals surface area (Å²) in [5, 5.41) is 2.86. The summed E-state index contributed by atoms with van der Waals surface area (Å²) in [5.41, 5.74) is 0.871. The van der Waals surface area contributed by atoms with Gasteiger partial charge in [-0.25, -0.2) is 4.98 Å². The molecule has 0 aliphatic rings. The maximum atomic E-state index is 12.3. The third-order valence-electron chi connectivity index (χ3n) is 2.56. The number of nitrogens with zero attached hydrogens (tertiary/aromatic N) is 1. The summed E-state index contributed by atoms with van der Waals surface area (Å²) in [6.07, 6.45) is -4.73. The number of anilines is 1. The van der Waals surface area contributed by atoms with Crippen molar-refractivity contribution < 1.29 is 22.6 Å². The summed E-state index contributed by atoms with van der Waals surface area (Å²) < 4.78 is 45.9. The topological polar surface area (TPSA) is 43.4 Å². The first-order valence-electron chi connectivity index (χ1n) is 6.06. The van der Waals surface area contributed by atoms with Gasteiger partial charge in [-0.3, -0.25) is 0 Å². The number of ether oxygens (including phenoxy) is 2. The fourth-order valence-electron chi connectivity index (χ4n) is 1.68. The van der Waals surface area contributed by atoms with Crippen LogP contribution in [-0.2, 0) is 6.54 Å². The van der Waals surface area contributed by atoms with Gasteiger partial charge in [-0.05, 0) is 18.2 Å². The van der Waals surface area contributed by atoms with Crippen molar-refractivity contribution in [2.24, 2.45) is 0 Å². The molecule has 0 saturated carbocycles. The first-order valence-corrected chi connectivity index (χ1v) is 6.06. The Labute approximate surface area is 119 Å². The van der Waals surface area contributed by atoms with Gasteiger partial charge in [0, 0.05) is 6.07 Å². The first-order chi connectivity index (χ1) is 9.98. The summed E-state index contributed by atoms with van der Waals surface area (Å²) in [5.74, 6) is 0.155. The lowest BCUT2D eigenvalue weighted by Crippen LogP contribution is -2.18. The highest BCUT2D eigenvalue weighted by atomic mass is 19.4. The van der Waals surface area contributed by atoms with Crippen LogP contribution in [0.1, 0.15) is 5.69 Å². The van der Waals surface area contributed by atoms with Crippen molar-refractivity contribution in [1.82, 2.24) is 4.98 Å². The van der Waals surface area contributed by atoms with Crippen LogP contribution in [0.3, 0.4) is 0 Å². The lowest BCUT2D eigenvalue weighted by atomic mass is 10.2. The number of aromatic nitrogens is 1. The Morgan fingerprint density at radius 1 is 1.10 bits per heavy atom. The molecule has 4 nitrogen and oxygen atoms in total. The normalized spacial score (nSPS) is 11.0. The number of methoxy groups -OCH3 is 1. The number of alkyl halides is 3. The SMILES string of the molecule is COc1cccc(CNc2ccccc2OC(F)(F)F)n1. The lowest BCUT2D eigenvalue weighted by molar-refractivity contribution is -0.274. The summed E-state index contributed by atoms with van der Waals surface area (Å²) >= 11 is 0. The third-order valence-corrected chi connectivity index (χ3v) is 2.56. The summed E-state index contributed by atoms with van der Waals surface area (Å²) in [6.45, 7) is 0.245. The van der Waals surface area contributed by atoms with Gasteiger partial charge in [0.15, 0.2) is 5.75 Å². The second-order valence-corrected chi connectivity index (χ2v) is 4.07. The maximum absolute atomic E-state index is 12.3. The highest BCUT2D eigenvalue weighted by Crippen LogP contribution is 2.30. The Hall–Kier alpha value is -2.44. The minimum atomic E-state index is -4.73. The minimum absolute atomic E-state index is 0.236. The summed E-state index contributed by atoms with van der Waals surface area (Å²) in [6, 6.07) is 11.0. The molecule has 0 bridgehead atoms. The van der Waals surface area contributed by atoms with Crippen LogP contribution < -0.4 is 14.8 Å². The molecule has 112 valence electrons. The molecule has 0 aliphatic carbocycles. The molecule has 0 radical (unpaired) electrons. The molecule has 1 N–H and O–H groups in total. The van der Waals surface area contributed by atoms with Gasteiger partial charge in [0.05, 0.1) is 25.0 Å². The predicted octanol–water partition coefficient (Wildman–Crippen LogP) is 3.60. The van der Waals surface area contributed by atoms with Crippen molar-refractivity contribution >= 4 is 5.69 Å². The molecule has 0 saturated heterocycles. The van der Waals surface area contributed by atoms with Gasteiger partial charge in [0.25, 0.3) is 0 Å². The van der Waals surface area contributed by atoms with E-state index in [0.29, 0.717) is 11.6 Å². The molecule has 1 aromatic heterocycles. The standard InChI is InChI=1S/C14H13F3N2O2/c1-20-13-8-4-5-10(19-13)9-18-11-6-2-3-7-12(11)21-14(15,16)17/h2-8,18H,9H2,1H3. The zero-order valence-corrected chi connectivity index (χ0v) is 11.1. The number of pyridine rings is 1. The zero-order chi connectivity index (χ0) is 15.3. The van der Waals surface area contributed by atoms with E-state index in [0.717, 1.165) is 0 Å². The molecule has 0 aliphatic heterocycles. The Kier molecular flexibility index (Phi) is 4.52. The smallest absolute Gasteiger partial charge is 0.481 e. The molecular formula is C14H13F3N2O2. The van der Waals surface area contributed by atoms with E-state index in [2.05, 4.69) is 15.0 Å². The van der Waals surface area contributed by atoms with Crippen LogP contribution in [0, 0.1) is 0 Å². The monoisotopic (exact) mass is 298 g/mol. The molecule has 0 unspecified atom stereocenters. The van der Waals surface area contributed by atoms with Crippen molar-refractivity contribution in [3.63, 3.8) is 0 Å². The number of hydrogen-bond donors (Lipinski definition) is 1. The molecule has 0 atom stereocenters. The van der Waals surface area contributed by atoms with Gasteiger partial charge >= 0.3 is 6.36 Å². The van der Waals surface area contributed by atoms with Gasteiger partial charge in [-0.15, -0.1) is 13.2 Å². The Morgan fingerprint density at radius 3 is 2.57 bits per heavy atom. The number of para-hydroxylation sites is 2. The molecule has 2 aromatic rings. The van der Waals surface area contributed by atoms with Crippen molar-refractivity contribution in [2.45, 2.75) is 12.9 Å². The molecular weight excluding hydrogens is 285 g/mol. The van der Waals surface area contributed by atoms with Gasteiger partial charge in [-0.2, -0.15) is 0 Å². The van der Waals surface area contributed by atoms with Crippen LogP contribution in [-0.4, -0.2) is 18.5 Å². The van der Waals surface area contributed by atoms with Gasteiger partial charge < -0.3 is 14.8 Å². The van der Waals surface area contributed by atoms with Crippen LogP contribution in [0.25, 0.3) is 0 Å². The number of halogens is 3. The van der Waals surface area contributed by atoms with E-state index >= 15 is 0 Å². The maximum Gasteiger partial charge on any atom is 0.573 e. The molecule has 21 heavy (non-hydrogen) atoms. The van der Waals surface area contributed by atoms with E-state index < -0.39 is 6.36 Å². The van der Waals surface area contributed by atoms with Crippen molar-refractivity contribution in [1.29, 1.82) is 0 Å². The molecule has 2 rings (SSSR count). The van der Waals surface area contributed by atoms with Crippen LogP contribution in [0.5, 0.6) is 11.6 Å². The van der Waals surface area contributed by atoms with Gasteiger partial charge in [0.1, 0.15) is 0 Å². The van der Waals surface area contributed by atoms with Gasteiger partial charge in [0.2, 0.25) is 5.88 Å². The van der Waals surface area contributed by atoms with E-state index in [1.165, 1.54) is 25.3 Å². The van der Waals surface area contributed by atoms with Gasteiger partial charge in [-0.1, -0.05) is 18.2 Å². The number of nitrogens with one attached hydrogen (secondary N) is 1. The number of hydrogen-bond acceptors (Lipinski definition) is 4. The van der Waals surface area contributed by atoms with Crippen molar-refractivity contribution in [2.75, 3.05) is 12.4 Å². The number of benzene rings is 1. The average Bonchev–Trinajstić information content (AvgIpc) is 2.45. The summed E-state index contributed by atoms with van der Waals surface area (Å²) in [4.78, 5) is 4.16. The van der Waals surface area contributed by atoms with E-state index in [1.54, 1.807) is 24.3 Å².